The van der Waals surface area contributed by atoms with Crippen LogP contribution in [-0.2, 0) is 11.8 Å². The second kappa shape index (κ2) is 4.65. The number of nitrogens with zero attached hydrogens (tertiary/aromatic N) is 3. The first-order valence-electron chi connectivity index (χ1n) is 4.24. The maximum Gasteiger partial charge on any atom is 0.212 e. The van der Waals surface area contributed by atoms with Crippen LogP contribution in [0.3, 0.4) is 0 Å². The van der Waals surface area contributed by atoms with E-state index >= 15 is 0 Å². The number of hydrogen-bond acceptors (Lipinski definition) is 4. The molecule has 0 saturated heterocycles. The van der Waals surface area contributed by atoms with Crippen LogP contribution in [0.1, 0.15) is 23.8 Å². The number of aryl methyl sites for hydroxylation is 1. The summed E-state index contributed by atoms with van der Waals surface area (Å²) in [4.78, 5) is 11.9. The van der Waals surface area contributed by atoms with E-state index in [4.69, 9.17) is 4.74 Å². The highest BCUT2D eigenvalue weighted by atomic mass is 79.9. The first-order chi connectivity index (χ1) is 6.61. The summed E-state index contributed by atoms with van der Waals surface area (Å²) in [5, 5.41) is 7.47. The summed E-state index contributed by atoms with van der Waals surface area (Å²) < 4.78 is 6.95. The fourth-order valence-electron chi connectivity index (χ4n) is 1.20. The van der Waals surface area contributed by atoms with Gasteiger partial charge in [-0.1, -0.05) is 12.1 Å². The average Bonchev–Trinajstić information content (AvgIpc) is 2.48. The second-order valence-electron chi connectivity index (χ2n) is 2.85. The molecule has 5 nitrogen and oxygen atoms in total. The zero-order chi connectivity index (χ0) is 10.7. The number of hydrogen-bond donors (Lipinski definition) is 0. The molecule has 0 fully saturated rings. The number of Topliss-reactive ketones (excluding diaryl/α,β-unsaturated/α-hetero) is 1. The maximum atomic E-state index is 11.9. The Hall–Kier alpha value is -0.750. The highest BCUT2D eigenvalue weighted by Crippen LogP contribution is 2.16. The van der Waals surface area contributed by atoms with Gasteiger partial charge in [0.15, 0.2) is 4.60 Å². The lowest BCUT2D eigenvalue weighted by Crippen LogP contribution is -2.24. The average molecular weight is 262 g/mol. The Labute approximate surface area is 90.6 Å². The number of aromatic nitrogens is 3. The number of ketones is 1. The number of carbonyl (C=O) groups is 1. The number of methoxy groups -OCH3 is 1. The van der Waals surface area contributed by atoms with Gasteiger partial charge in [0.1, 0.15) is 11.8 Å². The van der Waals surface area contributed by atoms with Gasteiger partial charge in [0.25, 0.3) is 0 Å². The van der Waals surface area contributed by atoms with E-state index in [1.54, 1.807) is 7.05 Å². The standard InChI is InChI=1S/C8H12BrN3O2/c1-4-5(14-3)7(13)6-8(9)10-11-12(6)2/h5H,4H2,1-3H3. The lowest BCUT2D eigenvalue weighted by molar-refractivity contribution is 0.0585. The third-order valence-corrected chi connectivity index (χ3v) is 2.50. The molecule has 1 aromatic heterocycles. The zero-order valence-electron chi connectivity index (χ0n) is 8.32. The molecule has 1 atom stereocenters. The molecule has 0 radical (unpaired) electrons. The summed E-state index contributed by atoms with van der Waals surface area (Å²) in [7, 11) is 3.19. The van der Waals surface area contributed by atoms with E-state index in [9.17, 15) is 4.79 Å². The van der Waals surface area contributed by atoms with Crippen molar-refractivity contribution in [3.05, 3.63) is 10.3 Å². The summed E-state index contributed by atoms with van der Waals surface area (Å²) in [6, 6.07) is 0. The van der Waals surface area contributed by atoms with Crippen molar-refractivity contribution in [1.82, 2.24) is 15.0 Å². The molecule has 0 aliphatic rings. The van der Waals surface area contributed by atoms with Gasteiger partial charge in [-0.25, -0.2) is 4.68 Å². The number of carbonyl (C=O) groups excluding carboxylic acids is 1. The second-order valence-corrected chi connectivity index (χ2v) is 3.60. The minimum Gasteiger partial charge on any atom is -0.373 e. The Kier molecular flexibility index (Phi) is 3.77. The Morgan fingerprint density at radius 2 is 2.36 bits per heavy atom. The van der Waals surface area contributed by atoms with Gasteiger partial charge in [-0.3, -0.25) is 4.79 Å². The first-order valence-corrected chi connectivity index (χ1v) is 5.03. The topological polar surface area (TPSA) is 57.0 Å². The van der Waals surface area contributed by atoms with E-state index in [2.05, 4.69) is 26.2 Å². The smallest absolute Gasteiger partial charge is 0.212 e. The van der Waals surface area contributed by atoms with Gasteiger partial charge >= 0.3 is 0 Å². The third kappa shape index (κ3) is 2.01. The van der Waals surface area contributed by atoms with Crippen LogP contribution in [-0.4, -0.2) is 34.0 Å². The number of halogens is 1. The van der Waals surface area contributed by atoms with Gasteiger partial charge in [-0.2, -0.15) is 0 Å². The molecule has 1 aromatic rings. The first kappa shape index (κ1) is 11.3. The van der Waals surface area contributed by atoms with Gasteiger partial charge in [0, 0.05) is 14.2 Å². The molecule has 1 rings (SSSR count). The molecule has 0 N–H and O–H groups in total. The van der Waals surface area contributed by atoms with E-state index < -0.39 is 6.10 Å². The van der Waals surface area contributed by atoms with Crippen molar-refractivity contribution in [3.63, 3.8) is 0 Å². The molecule has 0 saturated carbocycles. The molecule has 14 heavy (non-hydrogen) atoms. The highest BCUT2D eigenvalue weighted by molar-refractivity contribution is 9.10. The van der Waals surface area contributed by atoms with Crippen LogP contribution in [0.15, 0.2) is 4.60 Å². The normalized spacial score (nSPS) is 12.9. The Morgan fingerprint density at radius 1 is 1.71 bits per heavy atom. The van der Waals surface area contributed by atoms with Crippen LogP contribution in [0.25, 0.3) is 0 Å². The Morgan fingerprint density at radius 3 is 2.71 bits per heavy atom. The van der Waals surface area contributed by atoms with Crippen LogP contribution < -0.4 is 0 Å². The lowest BCUT2D eigenvalue weighted by atomic mass is 10.1. The molecule has 0 aliphatic heterocycles. The van der Waals surface area contributed by atoms with Crippen molar-refractivity contribution >= 4 is 21.7 Å². The molecular formula is C8H12BrN3O2. The zero-order valence-corrected chi connectivity index (χ0v) is 9.91. The van der Waals surface area contributed by atoms with E-state index in [-0.39, 0.29) is 5.78 Å². The highest BCUT2D eigenvalue weighted by Gasteiger charge is 2.24. The number of ether oxygens (including phenoxy) is 1. The predicted molar refractivity (Wildman–Crippen MR) is 54.1 cm³/mol. The van der Waals surface area contributed by atoms with Crippen LogP contribution >= 0.6 is 15.9 Å². The van der Waals surface area contributed by atoms with Crippen molar-refractivity contribution in [2.75, 3.05) is 7.11 Å². The van der Waals surface area contributed by atoms with Crippen molar-refractivity contribution in [3.8, 4) is 0 Å². The van der Waals surface area contributed by atoms with Gasteiger partial charge in [0.2, 0.25) is 5.78 Å². The van der Waals surface area contributed by atoms with Crippen LogP contribution in [0, 0.1) is 0 Å². The monoisotopic (exact) mass is 261 g/mol. The molecule has 78 valence electrons. The predicted octanol–water partition coefficient (Wildman–Crippen LogP) is 1.19. The van der Waals surface area contributed by atoms with Crippen molar-refractivity contribution in [2.24, 2.45) is 7.05 Å². The quantitative estimate of drug-likeness (QED) is 0.765. The van der Waals surface area contributed by atoms with Crippen LogP contribution in [0.5, 0.6) is 0 Å². The molecule has 0 spiro atoms. The van der Waals surface area contributed by atoms with E-state index in [0.717, 1.165) is 0 Å². The molecule has 1 unspecified atom stereocenters. The van der Waals surface area contributed by atoms with Gasteiger partial charge in [-0.05, 0) is 22.4 Å². The van der Waals surface area contributed by atoms with E-state index in [0.29, 0.717) is 16.7 Å². The van der Waals surface area contributed by atoms with Gasteiger partial charge in [0.05, 0.1) is 0 Å². The van der Waals surface area contributed by atoms with E-state index in [1.165, 1.54) is 11.8 Å². The summed E-state index contributed by atoms with van der Waals surface area (Å²) in [5.74, 6) is -0.102. The fraction of sp³-hybridized carbons (Fsp3) is 0.625. The summed E-state index contributed by atoms with van der Waals surface area (Å²) in [6.45, 7) is 1.89. The molecule has 6 heteroatoms. The Balaban J connectivity index is 2.99. The van der Waals surface area contributed by atoms with Crippen LogP contribution in [0.2, 0.25) is 0 Å². The van der Waals surface area contributed by atoms with Crippen LogP contribution in [0.4, 0.5) is 0 Å². The molecule has 0 bridgehead atoms. The molecule has 0 aromatic carbocycles. The van der Waals surface area contributed by atoms with Crippen molar-refractivity contribution in [2.45, 2.75) is 19.4 Å². The minimum atomic E-state index is -0.427. The SMILES string of the molecule is CCC(OC)C(=O)c1c(Br)nnn1C. The van der Waals surface area contributed by atoms with E-state index in [1.807, 2.05) is 6.92 Å². The fourth-order valence-corrected chi connectivity index (χ4v) is 1.73. The molecule has 0 aliphatic carbocycles. The van der Waals surface area contributed by atoms with Gasteiger partial charge in [-0.15, -0.1) is 5.10 Å². The summed E-state index contributed by atoms with van der Waals surface area (Å²) in [5.41, 5.74) is 0.443. The summed E-state index contributed by atoms with van der Waals surface area (Å²) >= 11 is 3.17. The number of rotatable bonds is 4. The molecular weight excluding hydrogens is 250 g/mol. The molecule has 0 amide bonds. The Bertz CT molecular complexity index is 314. The van der Waals surface area contributed by atoms with Crippen molar-refractivity contribution < 1.29 is 9.53 Å². The maximum absolute atomic E-state index is 11.9. The minimum absolute atomic E-state index is 0.102. The van der Waals surface area contributed by atoms with Crippen molar-refractivity contribution in [1.29, 1.82) is 0 Å². The summed E-state index contributed by atoms with van der Waals surface area (Å²) in [6.07, 6.45) is 0.205. The lowest BCUT2D eigenvalue weighted by Gasteiger charge is -2.10. The molecule has 1 heterocycles. The largest absolute Gasteiger partial charge is 0.373 e. The van der Waals surface area contributed by atoms with Gasteiger partial charge < -0.3 is 4.74 Å². The third-order valence-electron chi connectivity index (χ3n) is 1.97.